The number of halogens is 2. The molecule has 5 heteroatoms. The molecule has 0 bridgehead atoms. The van der Waals surface area contributed by atoms with Crippen LogP contribution in [0.3, 0.4) is 0 Å². The van der Waals surface area contributed by atoms with E-state index in [9.17, 15) is 12.8 Å². The molecular weight excluding hydrogens is 191 g/mol. The minimum Gasteiger partial charge on any atom is -0.246 e. The molecule has 0 aliphatic heterocycles. The summed E-state index contributed by atoms with van der Waals surface area (Å²) < 4.78 is 34.3. The third-order valence-electron chi connectivity index (χ3n) is 1.98. The average Bonchev–Trinajstić information content (AvgIpc) is 1.86. The van der Waals surface area contributed by atoms with Crippen LogP contribution in [0.2, 0.25) is 0 Å². The Balaban J connectivity index is 2.70. The highest BCUT2D eigenvalue weighted by Gasteiger charge is 2.34. The third kappa shape index (κ3) is 2.30. The van der Waals surface area contributed by atoms with Crippen molar-refractivity contribution in [1.82, 2.24) is 0 Å². The molecule has 0 aromatic rings. The Hall–Kier alpha value is 0.170. The van der Waals surface area contributed by atoms with Crippen molar-refractivity contribution in [3.63, 3.8) is 0 Å². The third-order valence-corrected chi connectivity index (χ3v) is 3.92. The van der Waals surface area contributed by atoms with E-state index in [2.05, 4.69) is 0 Å². The van der Waals surface area contributed by atoms with E-state index in [1.165, 1.54) is 0 Å². The summed E-state index contributed by atoms with van der Waals surface area (Å²) in [4.78, 5) is 0. The maximum atomic E-state index is 12.9. The monoisotopic (exact) mass is 200 g/mol. The molecule has 0 aromatic carbocycles. The van der Waals surface area contributed by atoms with Crippen LogP contribution in [0.15, 0.2) is 0 Å². The summed E-state index contributed by atoms with van der Waals surface area (Å²) in [5, 5.41) is -0.960. The molecule has 0 saturated heterocycles. The summed E-state index contributed by atoms with van der Waals surface area (Å²) in [7, 11) is 1.36. The summed E-state index contributed by atoms with van der Waals surface area (Å²) in [6.07, 6.45) is 0.969. The topological polar surface area (TPSA) is 34.1 Å². The molecule has 0 N–H and O–H groups in total. The second-order valence-electron chi connectivity index (χ2n) is 2.81. The highest BCUT2D eigenvalue weighted by Crippen LogP contribution is 2.28. The highest BCUT2D eigenvalue weighted by atomic mass is 35.7. The van der Waals surface area contributed by atoms with Gasteiger partial charge in [-0.15, -0.1) is 0 Å². The first-order chi connectivity index (χ1) is 5.02. The van der Waals surface area contributed by atoms with Crippen molar-refractivity contribution < 1.29 is 12.8 Å². The van der Waals surface area contributed by atoms with Crippen LogP contribution in [0.4, 0.5) is 4.39 Å². The van der Waals surface area contributed by atoms with Crippen LogP contribution in [0.5, 0.6) is 0 Å². The summed E-state index contributed by atoms with van der Waals surface area (Å²) in [5.41, 5.74) is 0. The van der Waals surface area contributed by atoms with Crippen molar-refractivity contribution in [1.29, 1.82) is 0 Å². The summed E-state index contributed by atoms with van der Waals surface area (Å²) >= 11 is 0. The Bertz CT molecular complexity index is 227. The van der Waals surface area contributed by atoms with E-state index in [-0.39, 0.29) is 0 Å². The van der Waals surface area contributed by atoms with Crippen LogP contribution in [0.1, 0.15) is 25.7 Å². The lowest BCUT2D eigenvalue weighted by atomic mass is 9.98. The highest BCUT2D eigenvalue weighted by molar-refractivity contribution is 8.14. The number of alkyl halides is 1. The van der Waals surface area contributed by atoms with Gasteiger partial charge in [0, 0.05) is 10.7 Å². The average molecular weight is 201 g/mol. The fourth-order valence-electron chi connectivity index (χ4n) is 1.37. The molecule has 11 heavy (non-hydrogen) atoms. The van der Waals surface area contributed by atoms with Crippen LogP contribution in [0, 0.1) is 0 Å². The lowest BCUT2D eigenvalue weighted by Gasteiger charge is -2.22. The lowest BCUT2D eigenvalue weighted by molar-refractivity contribution is 0.254. The van der Waals surface area contributed by atoms with Gasteiger partial charge in [-0.1, -0.05) is 12.8 Å². The Morgan fingerprint density at radius 3 is 2.18 bits per heavy atom. The van der Waals surface area contributed by atoms with Crippen molar-refractivity contribution in [2.24, 2.45) is 0 Å². The molecule has 2 nitrogen and oxygen atoms in total. The Kier molecular flexibility index (Phi) is 2.75. The number of hydrogen-bond acceptors (Lipinski definition) is 2. The predicted octanol–water partition coefficient (Wildman–Crippen LogP) is 1.84. The number of rotatable bonds is 1. The fourth-order valence-corrected chi connectivity index (χ4v) is 2.91. The zero-order chi connectivity index (χ0) is 8.48. The maximum Gasteiger partial charge on any atom is 0.238 e. The SMILES string of the molecule is O=S(=O)(Cl)C1CCCCC1F. The van der Waals surface area contributed by atoms with Crippen LogP contribution >= 0.6 is 10.7 Å². The van der Waals surface area contributed by atoms with Crippen LogP contribution in [0.25, 0.3) is 0 Å². The van der Waals surface area contributed by atoms with Gasteiger partial charge in [0.1, 0.15) is 11.4 Å². The van der Waals surface area contributed by atoms with Gasteiger partial charge in [0.2, 0.25) is 9.05 Å². The van der Waals surface area contributed by atoms with Gasteiger partial charge in [-0.25, -0.2) is 12.8 Å². The van der Waals surface area contributed by atoms with Crippen molar-refractivity contribution in [2.45, 2.75) is 37.1 Å². The smallest absolute Gasteiger partial charge is 0.238 e. The quantitative estimate of drug-likeness (QED) is 0.606. The number of hydrogen-bond donors (Lipinski definition) is 0. The van der Waals surface area contributed by atoms with E-state index in [0.29, 0.717) is 12.8 Å². The summed E-state index contributed by atoms with van der Waals surface area (Å²) in [6, 6.07) is 0. The minimum atomic E-state index is -3.68. The van der Waals surface area contributed by atoms with Gasteiger partial charge in [-0.05, 0) is 12.8 Å². The second kappa shape index (κ2) is 3.27. The van der Waals surface area contributed by atoms with Gasteiger partial charge >= 0.3 is 0 Å². The van der Waals surface area contributed by atoms with Crippen molar-refractivity contribution in [3.05, 3.63) is 0 Å². The predicted molar refractivity (Wildman–Crippen MR) is 41.9 cm³/mol. The molecule has 1 aliphatic carbocycles. The largest absolute Gasteiger partial charge is 0.246 e. The van der Waals surface area contributed by atoms with E-state index < -0.39 is 20.5 Å². The van der Waals surface area contributed by atoms with Crippen molar-refractivity contribution >= 4 is 19.7 Å². The Morgan fingerprint density at radius 1 is 1.27 bits per heavy atom. The van der Waals surface area contributed by atoms with Gasteiger partial charge in [0.25, 0.3) is 0 Å². The zero-order valence-electron chi connectivity index (χ0n) is 5.96. The van der Waals surface area contributed by atoms with Crippen molar-refractivity contribution in [3.8, 4) is 0 Å². The minimum absolute atomic E-state index is 0.330. The fraction of sp³-hybridized carbons (Fsp3) is 1.00. The summed E-state index contributed by atoms with van der Waals surface area (Å²) in [6.45, 7) is 0. The molecule has 0 spiro atoms. The first kappa shape index (κ1) is 9.26. The molecule has 1 saturated carbocycles. The van der Waals surface area contributed by atoms with Crippen molar-refractivity contribution in [2.75, 3.05) is 0 Å². The van der Waals surface area contributed by atoms with Crippen LogP contribution in [-0.4, -0.2) is 19.8 Å². The molecule has 0 amide bonds. The van der Waals surface area contributed by atoms with Crippen LogP contribution < -0.4 is 0 Å². The molecule has 1 fully saturated rings. The normalized spacial score (nSPS) is 33.6. The molecule has 2 unspecified atom stereocenters. The first-order valence-electron chi connectivity index (χ1n) is 3.59. The molecule has 0 radical (unpaired) electrons. The van der Waals surface area contributed by atoms with Gasteiger partial charge in [-0.2, -0.15) is 0 Å². The Labute approximate surface area is 70.2 Å². The second-order valence-corrected chi connectivity index (χ2v) is 5.66. The van der Waals surface area contributed by atoms with E-state index in [1.807, 2.05) is 0 Å². The molecule has 0 heterocycles. The van der Waals surface area contributed by atoms with Gasteiger partial charge in [0.15, 0.2) is 0 Å². The Morgan fingerprint density at radius 2 is 1.82 bits per heavy atom. The summed E-state index contributed by atoms with van der Waals surface area (Å²) in [5.74, 6) is 0. The van der Waals surface area contributed by atoms with E-state index in [1.54, 1.807) is 0 Å². The molecule has 1 aliphatic rings. The molecule has 1 rings (SSSR count). The van der Waals surface area contributed by atoms with Gasteiger partial charge < -0.3 is 0 Å². The molecule has 0 aromatic heterocycles. The van der Waals surface area contributed by atoms with E-state index >= 15 is 0 Å². The lowest BCUT2D eigenvalue weighted by Crippen LogP contribution is -2.31. The van der Waals surface area contributed by atoms with Gasteiger partial charge in [-0.3, -0.25) is 0 Å². The van der Waals surface area contributed by atoms with Gasteiger partial charge in [0.05, 0.1) is 0 Å². The molecular formula is C6H10ClFO2S. The van der Waals surface area contributed by atoms with E-state index in [0.717, 1.165) is 12.8 Å². The maximum absolute atomic E-state index is 12.9. The molecule has 66 valence electrons. The first-order valence-corrected chi connectivity index (χ1v) is 5.96. The van der Waals surface area contributed by atoms with E-state index in [4.69, 9.17) is 10.7 Å². The zero-order valence-corrected chi connectivity index (χ0v) is 7.54. The molecule has 2 atom stereocenters. The standard InChI is InChI=1S/C6H10ClFO2S/c7-11(9,10)6-4-2-1-3-5(6)8/h5-6H,1-4H2. The van der Waals surface area contributed by atoms with Crippen LogP contribution in [-0.2, 0) is 9.05 Å².